The molecule has 1 fully saturated rings. The average Bonchev–Trinajstić information content (AvgIpc) is 3.46. The predicted octanol–water partition coefficient (Wildman–Crippen LogP) is 6.36. The lowest BCUT2D eigenvalue weighted by Gasteiger charge is -2.34. The van der Waals surface area contributed by atoms with Crippen molar-refractivity contribution in [3.8, 4) is 0 Å². The van der Waals surface area contributed by atoms with Crippen LogP contribution < -0.4 is 9.62 Å². The van der Waals surface area contributed by atoms with Crippen molar-refractivity contribution < 1.29 is 18.0 Å². The minimum atomic E-state index is -4.20. The van der Waals surface area contributed by atoms with E-state index in [1.54, 1.807) is 60.7 Å². The van der Waals surface area contributed by atoms with Gasteiger partial charge in [-0.25, -0.2) is 8.42 Å². The molecule has 1 saturated carbocycles. The van der Waals surface area contributed by atoms with E-state index in [2.05, 4.69) is 5.32 Å². The van der Waals surface area contributed by atoms with Crippen molar-refractivity contribution >= 4 is 50.7 Å². The lowest BCUT2D eigenvalue weighted by Crippen LogP contribution is -2.53. The van der Waals surface area contributed by atoms with Crippen molar-refractivity contribution in [2.45, 2.75) is 69.5 Å². The summed E-state index contributed by atoms with van der Waals surface area (Å²) in [5.41, 5.74) is 1.72. The number of hydrogen-bond acceptors (Lipinski definition) is 4. The van der Waals surface area contributed by atoms with E-state index in [0.717, 1.165) is 35.6 Å². The quantitative estimate of drug-likeness (QED) is 0.272. The SMILES string of the molecule is CC[C@H](C(=O)NC1CCCC1)N(Cc1ccccc1Cl)C(=O)CN(c1ccccc1Cl)S(=O)(=O)c1ccc(C)cc1. The van der Waals surface area contributed by atoms with Crippen LogP contribution in [0, 0.1) is 6.92 Å². The third kappa shape index (κ3) is 7.42. The molecule has 1 aliphatic carbocycles. The summed E-state index contributed by atoms with van der Waals surface area (Å²) in [7, 11) is -4.20. The normalized spacial score (nSPS) is 14.4. The number of para-hydroxylation sites is 1. The van der Waals surface area contributed by atoms with Crippen LogP contribution in [0.1, 0.15) is 50.2 Å². The Morgan fingerprint density at radius 2 is 1.54 bits per heavy atom. The summed E-state index contributed by atoms with van der Waals surface area (Å²) < 4.78 is 29.0. The molecule has 0 radical (unpaired) electrons. The van der Waals surface area contributed by atoms with Gasteiger partial charge in [-0.2, -0.15) is 0 Å². The van der Waals surface area contributed by atoms with E-state index in [-0.39, 0.29) is 34.1 Å². The number of carbonyl (C=O) groups is 2. The zero-order chi connectivity index (χ0) is 29.6. The highest BCUT2D eigenvalue weighted by molar-refractivity contribution is 7.92. The van der Waals surface area contributed by atoms with Crippen molar-refractivity contribution in [2.75, 3.05) is 10.8 Å². The molecule has 0 saturated heterocycles. The highest BCUT2D eigenvalue weighted by Crippen LogP contribution is 2.31. The topological polar surface area (TPSA) is 86.8 Å². The van der Waals surface area contributed by atoms with Crippen molar-refractivity contribution in [1.82, 2.24) is 10.2 Å². The van der Waals surface area contributed by atoms with Gasteiger partial charge < -0.3 is 10.2 Å². The Hall–Kier alpha value is -3.07. The summed E-state index contributed by atoms with van der Waals surface area (Å²) >= 11 is 12.9. The molecule has 0 heterocycles. The molecule has 1 N–H and O–H groups in total. The molecule has 218 valence electrons. The number of halogens is 2. The molecule has 0 unspecified atom stereocenters. The molecule has 1 atom stereocenters. The fraction of sp³-hybridized carbons (Fsp3) is 0.355. The maximum absolute atomic E-state index is 14.2. The van der Waals surface area contributed by atoms with Crippen LogP contribution in [0.25, 0.3) is 0 Å². The second-order valence-corrected chi connectivity index (χ2v) is 13.0. The van der Waals surface area contributed by atoms with Gasteiger partial charge in [0.25, 0.3) is 10.0 Å². The number of hydrogen-bond donors (Lipinski definition) is 1. The number of rotatable bonds is 11. The van der Waals surface area contributed by atoms with Gasteiger partial charge in [0, 0.05) is 17.6 Å². The summed E-state index contributed by atoms with van der Waals surface area (Å²) in [6.07, 6.45) is 4.23. The van der Waals surface area contributed by atoms with Gasteiger partial charge in [0.1, 0.15) is 12.6 Å². The molecule has 0 aromatic heterocycles. The van der Waals surface area contributed by atoms with Crippen molar-refractivity contribution in [1.29, 1.82) is 0 Å². The van der Waals surface area contributed by atoms with Gasteiger partial charge >= 0.3 is 0 Å². The van der Waals surface area contributed by atoms with Gasteiger partial charge in [-0.1, -0.05) is 91.0 Å². The summed E-state index contributed by atoms with van der Waals surface area (Å²) in [4.78, 5) is 29.2. The number of nitrogens with zero attached hydrogens (tertiary/aromatic N) is 2. The van der Waals surface area contributed by atoms with E-state index in [1.165, 1.54) is 17.0 Å². The van der Waals surface area contributed by atoms with E-state index in [9.17, 15) is 18.0 Å². The molecule has 7 nitrogen and oxygen atoms in total. The third-order valence-electron chi connectivity index (χ3n) is 7.39. The van der Waals surface area contributed by atoms with E-state index in [0.29, 0.717) is 17.0 Å². The Morgan fingerprint density at radius 3 is 2.15 bits per heavy atom. The average molecular weight is 617 g/mol. The van der Waals surface area contributed by atoms with Gasteiger partial charge in [-0.3, -0.25) is 13.9 Å². The van der Waals surface area contributed by atoms with E-state index < -0.39 is 28.5 Å². The van der Waals surface area contributed by atoms with Crippen molar-refractivity contribution in [2.24, 2.45) is 0 Å². The first-order valence-electron chi connectivity index (χ1n) is 13.8. The Morgan fingerprint density at radius 1 is 0.927 bits per heavy atom. The van der Waals surface area contributed by atoms with Gasteiger partial charge in [0.05, 0.1) is 15.6 Å². The lowest BCUT2D eigenvalue weighted by molar-refractivity contribution is -0.140. The Kier molecular flexibility index (Phi) is 10.3. The number of anilines is 1. The Labute approximate surface area is 252 Å². The minimum Gasteiger partial charge on any atom is -0.352 e. The van der Waals surface area contributed by atoms with Crippen molar-refractivity contribution in [3.63, 3.8) is 0 Å². The van der Waals surface area contributed by atoms with Gasteiger partial charge in [-0.05, 0) is 62.1 Å². The standard InChI is InChI=1S/C31H35Cl2N3O4S/c1-3-28(31(38)34-24-11-5-6-12-24)35(20-23-10-4-7-13-26(23)32)30(37)21-36(29-15-9-8-14-27(29)33)41(39,40)25-18-16-22(2)17-19-25/h4,7-10,13-19,24,28H,3,5-6,11-12,20-21H2,1-2H3,(H,34,38)/t28-/m1/s1. The molecule has 0 bridgehead atoms. The second-order valence-electron chi connectivity index (χ2n) is 10.3. The van der Waals surface area contributed by atoms with E-state index >= 15 is 0 Å². The van der Waals surface area contributed by atoms with Crippen LogP contribution in [0.3, 0.4) is 0 Å². The molecular weight excluding hydrogens is 581 g/mol. The maximum atomic E-state index is 14.2. The molecule has 3 aromatic carbocycles. The second kappa shape index (κ2) is 13.7. The largest absolute Gasteiger partial charge is 0.352 e. The molecule has 0 aliphatic heterocycles. The smallest absolute Gasteiger partial charge is 0.264 e. The number of carbonyl (C=O) groups excluding carboxylic acids is 2. The van der Waals surface area contributed by atoms with E-state index in [4.69, 9.17) is 23.2 Å². The van der Waals surface area contributed by atoms with Crippen LogP contribution in [0.5, 0.6) is 0 Å². The zero-order valence-electron chi connectivity index (χ0n) is 23.2. The Balaban J connectivity index is 1.73. The first-order valence-corrected chi connectivity index (χ1v) is 16.0. The van der Waals surface area contributed by atoms with Crippen molar-refractivity contribution in [3.05, 3.63) is 94.0 Å². The molecule has 0 spiro atoms. The minimum absolute atomic E-state index is 0.0273. The van der Waals surface area contributed by atoms with Crippen LogP contribution in [0.4, 0.5) is 5.69 Å². The highest BCUT2D eigenvalue weighted by Gasteiger charge is 2.35. The zero-order valence-corrected chi connectivity index (χ0v) is 25.6. The van der Waals surface area contributed by atoms with Crippen LogP contribution in [0.2, 0.25) is 10.0 Å². The molecule has 2 amide bonds. The molecule has 3 aromatic rings. The Bertz CT molecular complexity index is 1470. The number of aryl methyl sites for hydroxylation is 1. The monoisotopic (exact) mass is 615 g/mol. The fourth-order valence-electron chi connectivity index (χ4n) is 5.10. The molecule has 4 rings (SSSR count). The number of amides is 2. The lowest BCUT2D eigenvalue weighted by atomic mass is 10.1. The van der Waals surface area contributed by atoms with Gasteiger partial charge in [-0.15, -0.1) is 0 Å². The van der Waals surface area contributed by atoms with Crippen LogP contribution in [0.15, 0.2) is 77.7 Å². The predicted molar refractivity (Wildman–Crippen MR) is 164 cm³/mol. The fourth-order valence-corrected chi connectivity index (χ4v) is 7.02. The highest BCUT2D eigenvalue weighted by atomic mass is 35.5. The van der Waals surface area contributed by atoms with Crippen LogP contribution in [-0.4, -0.2) is 43.8 Å². The molecular formula is C31H35Cl2N3O4S. The number of sulfonamides is 1. The van der Waals surface area contributed by atoms with Gasteiger partial charge in [0.2, 0.25) is 11.8 Å². The van der Waals surface area contributed by atoms with Gasteiger partial charge in [0.15, 0.2) is 0 Å². The number of nitrogens with one attached hydrogen (secondary N) is 1. The summed E-state index contributed by atoms with van der Waals surface area (Å²) in [6, 6.07) is 19.2. The molecule has 10 heteroatoms. The molecule has 41 heavy (non-hydrogen) atoms. The van der Waals surface area contributed by atoms with Crippen LogP contribution in [-0.2, 0) is 26.2 Å². The first-order chi connectivity index (χ1) is 19.6. The number of benzene rings is 3. The van der Waals surface area contributed by atoms with E-state index in [1.807, 2.05) is 13.8 Å². The third-order valence-corrected chi connectivity index (χ3v) is 9.86. The summed E-state index contributed by atoms with van der Waals surface area (Å²) in [5.74, 6) is -0.806. The summed E-state index contributed by atoms with van der Waals surface area (Å²) in [6.45, 7) is 3.17. The summed E-state index contributed by atoms with van der Waals surface area (Å²) in [5, 5.41) is 3.73. The maximum Gasteiger partial charge on any atom is 0.264 e. The molecule has 1 aliphatic rings. The first kappa shape index (κ1) is 30.9. The van der Waals surface area contributed by atoms with Crippen LogP contribution >= 0.6 is 23.2 Å².